The molecule has 2 aliphatic rings. The first-order chi connectivity index (χ1) is 14.8. The van der Waals surface area contributed by atoms with Gasteiger partial charge in [0.15, 0.2) is 0 Å². The second kappa shape index (κ2) is 9.34. The van der Waals surface area contributed by atoms with Gasteiger partial charge in [0, 0.05) is 11.1 Å². The highest BCUT2D eigenvalue weighted by Crippen LogP contribution is 2.43. The molecular formula is C27H32F4. The minimum Gasteiger partial charge on any atom is -0.206 e. The monoisotopic (exact) mass is 432 g/mol. The molecule has 2 aliphatic carbocycles. The number of hydrogen-bond donors (Lipinski definition) is 0. The van der Waals surface area contributed by atoms with Gasteiger partial charge in [0.1, 0.15) is 11.6 Å². The lowest BCUT2D eigenvalue weighted by Crippen LogP contribution is -2.14. The normalized spacial score (nSPS) is 26.9. The summed E-state index contributed by atoms with van der Waals surface area (Å²) in [6.07, 6.45) is 4.91. The lowest BCUT2D eigenvalue weighted by atomic mass is 9.77. The van der Waals surface area contributed by atoms with Crippen LogP contribution in [0.15, 0.2) is 30.3 Å². The smallest absolute Gasteiger partial charge is 0.206 e. The molecule has 4 rings (SSSR count). The molecule has 168 valence electrons. The van der Waals surface area contributed by atoms with Gasteiger partial charge in [-0.15, -0.1) is 0 Å². The molecule has 0 atom stereocenters. The third kappa shape index (κ3) is 4.68. The molecule has 0 nitrogen and oxygen atoms in total. The molecule has 0 aromatic heterocycles. The molecule has 0 radical (unpaired) electrons. The molecule has 31 heavy (non-hydrogen) atoms. The molecule has 0 bridgehead atoms. The van der Waals surface area contributed by atoms with Crippen LogP contribution >= 0.6 is 0 Å². The molecule has 0 saturated heterocycles. The summed E-state index contributed by atoms with van der Waals surface area (Å²) in [4.78, 5) is 0. The SMILES string of the molecule is CC1CCC(c2ccc(-c3ccc(C4CCC(C)CC4)c(C(F)F)c3F)c(F)c2)CC1. The Balaban J connectivity index is 1.66. The zero-order valence-electron chi connectivity index (χ0n) is 18.4. The van der Waals surface area contributed by atoms with E-state index in [4.69, 9.17) is 0 Å². The van der Waals surface area contributed by atoms with Crippen molar-refractivity contribution < 1.29 is 17.6 Å². The standard InChI is InChI=1S/C27H32F4/c1-16-3-7-18(8-4-16)20-11-12-22(24(28)15-20)23-14-13-21(25(26(23)29)27(30)31)19-9-5-17(2)6-10-19/h11-19,27H,3-10H2,1-2H3. The average molecular weight is 433 g/mol. The summed E-state index contributed by atoms with van der Waals surface area (Å²) in [6.45, 7) is 4.40. The van der Waals surface area contributed by atoms with Gasteiger partial charge in [-0.05, 0) is 66.5 Å². The van der Waals surface area contributed by atoms with Crippen LogP contribution in [0.25, 0.3) is 11.1 Å². The average Bonchev–Trinajstić information content (AvgIpc) is 2.75. The van der Waals surface area contributed by atoms with E-state index in [0.717, 1.165) is 56.9 Å². The van der Waals surface area contributed by atoms with E-state index in [1.165, 1.54) is 12.1 Å². The summed E-state index contributed by atoms with van der Waals surface area (Å²) >= 11 is 0. The van der Waals surface area contributed by atoms with Crippen LogP contribution in [-0.2, 0) is 0 Å². The number of benzene rings is 2. The van der Waals surface area contributed by atoms with Crippen LogP contribution in [0, 0.1) is 23.5 Å². The van der Waals surface area contributed by atoms with Crippen molar-refractivity contribution in [2.75, 3.05) is 0 Å². The van der Waals surface area contributed by atoms with Crippen LogP contribution in [0.5, 0.6) is 0 Å². The van der Waals surface area contributed by atoms with Crippen LogP contribution in [-0.4, -0.2) is 0 Å². The molecule has 2 saturated carbocycles. The second-order valence-corrected chi connectivity index (χ2v) is 9.88. The predicted octanol–water partition coefficient (Wildman–Crippen LogP) is 9.16. The fourth-order valence-electron chi connectivity index (χ4n) is 5.56. The summed E-state index contributed by atoms with van der Waals surface area (Å²) in [7, 11) is 0. The fraction of sp³-hybridized carbons (Fsp3) is 0.556. The maximum Gasteiger partial charge on any atom is 0.266 e. The van der Waals surface area contributed by atoms with E-state index in [0.29, 0.717) is 23.3 Å². The Kier molecular flexibility index (Phi) is 6.74. The van der Waals surface area contributed by atoms with Crippen molar-refractivity contribution in [1.29, 1.82) is 0 Å². The Morgan fingerprint density at radius 1 is 0.710 bits per heavy atom. The van der Waals surface area contributed by atoms with Gasteiger partial charge >= 0.3 is 0 Å². The third-order valence-corrected chi connectivity index (χ3v) is 7.66. The highest BCUT2D eigenvalue weighted by molar-refractivity contribution is 5.67. The summed E-state index contributed by atoms with van der Waals surface area (Å²) in [5.41, 5.74) is 0.787. The highest BCUT2D eigenvalue weighted by atomic mass is 19.3. The Morgan fingerprint density at radius 2 is 1.26 bits per heavy atom. The van der Waals surface area contributed by atoms with Crippen LogP contribution in [0.2, 0.25) is 0 Å². The summed E-state index contributed by atoms with van der Waals surface area (Å²) in [5, 5.41) is 0. The third-order valence-electron chi connectivity index (χ3n) is 7.66. The zero-order valence-corrected chi connectivity index (χ0v) is 18.4. The number of rotatable bonds is 4. The molecule has 2 aromatic rings. The van der Waals surface area contributed by atoms with E-state index in [1.54, 1.807) is 12.1 Å². The van der Waals surface area contributed by atoms with Crippen molar-refractivity contribution in [2.24, 2.45) is 11.8 Å². The summed E-state index contributed by atoms with van der Waals surface area (Å²) in [5.74, 6) is 0.0455. The molecule has 0 spiro atoms. The molecule has 0 N–H and O–H groups in total. The molecule has 4 heteroatoms. The van der Waals surface area contributed by atoms with Crippen molar-refractivity contribution in [3.8, 4) is 11.1 Å². The molecule has 0 unspecified atom stereocenters. The number of halogens is 4. The van der Waals surface area contributed by atoms with Crippen LogP contribution in [0.1, 0.15) is 100 Å². The Hall–Kier alpha value is -1.84. The van der Waals surface area contributed by atoms with E-state index in [2.05, 4.69) is 13.8 Å². The van der Waals surface area contributed by atoms with E-state index < -0.39 is 23.6 Å². The van der Waals surface area contributed by atoms with Crippen molar-refractivity contribution in [3.63, 3.8) is 0 Å². The van der Waals surface area contributed by atoms with Crippen molar-refractivity contribution in [2.45, 2.75) is 83.5 Å². The van der Waals surface area contributed by atoms with E-state index in [9.17, 15) is 8.78 Å². The van der Waals surface area contributed by atoms with Gasteiger partial charge in [0.2, 0.25) is 0 Å². The topological polar surface area (TPSA) is 0 Å². The lowest BCUT2D eigenvalue weighted by Gasteiger charge is -2.28. The van der Waals surface area contributed by atoms with E-state index in [1.807, 2.05) is 6.07 Å². The second-order valence-electron chi connectivity index (χ2n) is 9.88. The van der Waals surface area contributed by atoms with E-state index >= 15 is 8.78 Å². The van der Waals surface area contributed by atoms with Gasteiger partial charge in [0.25, 0.3) is 6.43 Å². The fourth-order valence-corrected chi connectivity index (χ4v) is 5.56. The molecule has 0 aliphatic heterocycles. The summed E-state index contributed by atoms with van der Waals surface area (Å²) in [6, 6.07) is 7.99. The van der Waals surface area contributed by atoms with Gasteiger partial charge in [-0.2, -0.15) is 0 Å². The van der Waals surface area contributed by atoms with Crippen LogP contribution in [0.3, 0.4) is 0 Å². The zero-order chi connectivity index (χ0) is 22.1. The van der Waals surface area contributed by atoms with Gasteiger partial charge in [0.05, 0.1) is 5.56 Å². The van der Waals surface area contributed by atoms with Crippen LogP contribution < -0.4 is 0 Å². The molecule has 0 amide bonds. The quantitative estimate of drug-likeness (QED) is 0.423. The van der Waals surface area contributed by atoms with Gasteiger partial charge in [-0.25, -0.2) is 17.6 Å². The molecular weight excluding hydrogens is 400 g/mol. The first-order valence-corrected chi connectivity index (χ1v) is 11.7. The largest absolute Gasteiger partial charge is 0.266 e. The van der Waals surface area contributed by atoms with Gasteiger partial charge < -0.3 is 0 Å². The van der Waals surface area contributed by atoms with Crippen molar-refractivity contribution in [1.82, 2.24) is 0 Å². The summed E-state index contributed by atoms with van der Waals surface area (Å²) < 4.78 is 58.2. The first kappa shape index (κ1) is 22.4. The number of alkyl halides is 2. The predicted molar refractivity (Wildman–Crippen MR) is 117 cm³/mol. The van der Waals surface area contributed by atoms with E-state index in [-0.39, 0.29) is 17.0 Å². The Bertz CT molecular complexity index is 904. The van der Waals surface area contributed by atoms with Crippen LogP contribution in [0.4, 0.5) is 17.6 Å². The minimum atomic E-state index is -2.92. The molecule has 2 aromatic carbocycles. The maximum absolute atomic E-state index is 15.3. The maximum atomic E-state index is 15.3. The van der Waals surface area contributed by atoms with Crippen molar-refractivity contribution >= 4 is 0 Å². The molecule has 0 heterocycles. The van der Waals surface area contributed by atoms with Gasteiger partial charge in [-0.3, -0.25) is 0 Å². The first-order valence-electron chi connectivity index (χ1n) is 11.7. The highest BCUT2D eigenvalue weighted by Gasteiger charge is 2.29. The Labute approximate surface area is 183 Å². The Morgan fingerprint density at radius 3 is 1.81 bits per heavy atom. The van der Waals surface area contributed by atoms with Crippen molar-refractivity contribution in [3.05, 3.63) is 58.7 Å². The number of hydrogen-bond acceptors (Lipinski definition) is 0. The van der Waals surface area contributed by atoms with Gasteiger partial charge in [-0.1, -0.05) is 63.8 Å². The molecule has 2 fully saturated rings. The lowest BCUT2D eigenvalue weighted by molar-refractivity contribution is 0.144. The minimum absolute atomic E-state index is 0.0512.